The molecule has 144 valence electrons. The van der Waals surface area contributed by atoms with E-state index in [0.717, 1.165) is 11.1 Å². The summed E-state index contributed by atoms with van der Waals surface area (Å²) in [5.41, 5.74) is 3.48. The van der Waals surface area contributed by atoms with Crippen LogP contribution in [0.5, 0.6) is 0 Å². The maximum Gasteiger partial charge on any atom is 0.338 e. The zero-order chi connectivity index (χ0) is 20.4. The van der Waals surface area contributed by atoms with Gasteiger partial charge in [-0.1, -0.05) is 12.1 Å². The molecular weight excluding hydrogens is 368 g/mol. The number of carbonyl (C=O) groups excluding carboxylic acids is 1. The Bertz CT molecular complexity index is 1270. The molecule has 0 aliphatic rings. The first-order valence-electron chi connectivity index (χ1n) is 9.02. The van der Waals surface area contributed by atoms with Crippen molar-refractivity contribution < 1.29 is 9.53 Å². The summed E-state index contributed by atoms with van der Waals surface area (Å²) < 4.78 is 6.27. The van der Waals surface area contributed by atoms with Crippen LogP contribution < -0.4 is 5.56 Å². The van der Waals surface area contributed by atoms with Gasteiger partial charge in [0, 0.05) is 29.5 Å². The zero-order valence-corrected chi connectivity index (χ0v) is 16.0. The predicted octanol–water partition coefficient (Wildman–Crippen LogP) is 3.00. The second-order valence-electron chi connectivity index (χ2n) is 6.59. The first-order valence-corrected chi connectivity index (χ1v) is 9.02. The van der Waals surface area contributed by atoms with Gasteiger partial charge in [-0.25, -0.2) is 9.48 Å². The van der Waals surface area contributed by atoms with Crippen LogP contribution in [0.15, 0.2) is 65.8 Å². The highest BCUT2D eigenvalue weighted by atomic mass is 16.5. The van der Waals surface area contributed by atoms with Crippen LogP contribution >= 0.6 is 0 Å². The third-order valence-corrected chi connectivity index (χ3v) is 4.72. The van der Waals surface area contributed by atoms with Crippen LogP contribution in [0.1, 0.15) is 21.5 Å². The number of benzene rings is 1. The summed E-state index contributed by atoms with van der Waals surface area (Å²) in [4.78, 5) is 33.4. The number of aromatic nitrogens is 4. The van der Waals surface area contributed by atoms with Crippen LogP contribution in [0.4, 0.5) is 0 Å². The highest BCUT2D eigenvalue weighted by Crippen LogP contribution is 2.26. The molecule has 4 rings (SSSR count). The van der Waals surface area contributed by atoms with Gasteiger partial charge in [0.2, 0.25) is 0 Å². The topological polar surface area (TPSA) is 87.0 Å². The Labute approximate surface area is 166 Å². The molecule has 3 aromatic heterocycles. The van der Waals surface area contributed by atoms with Crippen molar-refractivity contribution in [3.8, 4) is 11.3 Å². The highest BCUT2D eigenvalue weighted by molar-refractivity contribution is 5.96. The molecule has 0 aliphatic carbocycles. The second kappa shape index (κ2) is 7.63. The summed E-state index contributed by atoms with van der Waals surface area (Å²) in [6.45, 7) is 2.13. The number of ether oxygens (including phenoxy) is 1. The van der Waals surface area contributed by atoms with Crippen molar-refractivity contribution in [3.63, 3.8) is 0 Å². The van der Waals surface area contributed by atoms with E-state index in [1.54, 1.807) is 36.8 Å². The van der Waals surface area contributed by atoms with Crippen LogP contribution in [0.3, 0.4) is 0 Å². The molecule has 0 amide bonds. The number of fused-ring (bicyclic) bond motifs is 1. The number of esters is 1. The minimum atomic E-state index is -0.420. The molecule has 0 saturated heterocycles. The number of nitrogens with zero attached hydrogens (tertiary/aromatic N) is 4. The largest absolute Gasteiger partial charge is 0.465 e. The maximum absolute atomic E-state index is 12.9. The molecule has 0 saturated carbocycles. The van der Waals surface area contributed by atoms with Gasteiger partial charge in [-0.3, -0.25) is 14.8 Å². The quantitative estimate of drug-likeness (QED) is 0.501. The van der Waals surface area contributed by atoms with E-state index in [1.165, 1.54) is 11.8 Å². The number of carbonyl (C=O) groups is 1. The van der Waals surface area contributed by atoms with Crippen molar-refractivity contribution in [2.75, 3.05) is 7.11 Å². The maximum atomic E-state index is 12.9. The first-order chi connectivity index (χ1) is 14.1. The average Bonchev–Trinajstić information content (AvgIpc) is 2.76. The third-order valence-electron chi connectivity index (χ3n) is 4.72. The molecule has 0 aliphatic heterocycles. The third kappa shape index (κ3) is 3.50. The van der Waals surface area contributed by atoms with Gasteiger partial charge in [0.15, 0.2) is 0 Å². The fourth-order valence-corrected chi connectivity index (χ4v) is 3.19. The Kier molecular flexibility index (Phi) is 4.87. The summed E-state index contributed by atoms with van der Waals surface area (Å²) in [5.74, 6) is -0.420. The molecule has 7 heteroatoms. The van der Waals surface area contributed by atoms with Crippen molar-refractivity contribution >= 4 is 16.9 Å². The molecule has 0 N–H and O–H groups in total. The number of hydrogen-bond acceptors (Lipinski definition) is 6. The molecule has 0 atom stereocenters. The van der Waals surface area contributed by atoms with Crippen molar-refractivity contribution in [2.24, 2.45) is 0 Å². The van der Waals surface area contributed by atoms with Gasteiger partial charge in [-0.15, -0.1) is 0 Å². The van der Waals surface area contributed by atoms with Crippen molar-refractivity contribution in [1.29, 1.82) is 0 Å². The summed E-state index contributed by atoms with van der Waals surface area (Å²) in [7, 11) is 1.35. The zero-order valence-electron chi connectivity index (χ0n) is 16.0. The Morgan fingerprint density at radius 3 is 2.66 bits per heavy atom. The summed E-state index contributed by atoms with van der Waals surface area (Å²) in [6, 6.07) is 12.7. The number of rotatable bonds is 4. The lowest BCUT2D eigenvalue weighted by atomic mass is 10.0. The van der Waals surface area contributed by atoms with E-state index < -0.39 is 5.97 Å². The minimum Gasteiger partial charge on any atom is -0.465 e. The average molecular weight is 386 g/mol. The van der Waals surface area contributed by atoms with Gasteiger partial charge in [0.25, 0.3) is 5.56 Å². The van der Waals surface area contributed by atoms with Crippen LogP contribution in [-0.2, 0) is 11.3 Å². The van der Waals surface area contributed by atoms with Crippen LogP contribution in [0.25, 0.3) is 22.2 Å². The summed E-state index contributed by atoms with van der Waals surface area (Å²) in [6.07, 6.45) is 4.92. The fourth-order valence-electron chi connectivity index (χ4n) is 3.19. The lowest BCUT2D eigenvalue weighted by molar-refractivity contribution is 0.0600. The van der Waals surface area contributed by atoms with E-state index in [9.17, 15) is 9.59 Å². The molecule has 3 heterocycles. The Hall–Kier alpha value is -3.87. The Morgan fingerprint density at radius 1 is 1.10 bits per heavy atom. The van der Waals surface area contributed by atoms with Crippen molar-refractivity contribution in [2.45, 2.75) is 13.5 Å². The number of hydrogen-bond donors (Lipinski definition) is 0. The monoisotopic (exact) mass is 386 g/mol. The van der Waals surface area contributed by atoms with Gasteiger partial charge >= 0.3 is 5.97 Å². The van der Waals surface area contributed by atoms with Gasteiger partial charge in [0.1, 0.15) is 11.2 Å². The first kappa shape index (κ1) is 18.5. The summed E-state index contributed by atoms with van der Waals surface area (Å²) in [5, 5.41) is 5.24. The Morgan fingerprint density at radius 2 is 1.90 bits per heavy atom. The van der Waals surface area contributed by atoms with Gasteiger partial charge in [0.05, 0.1) is 19.2 Å². The van der Waals surface area contributed by atoms with Crippen LogP contribution in [-0.4, -0.2) is 32.8 Å². The van der Waals surface area contributed by atoms with Crippen LogP contribution in [0, 0.1) is 6.92 Å². The van der Waals surface area contributed by atoms with E-state index in [4.69, 9.17) is 4.74 Å². The van der Waals surface area contributed by atoms with Crippen molar-refractivity contribution in [1.82, 2.24) is 19.7 Å². The van der Waals surface area contributed by atoms with E-state index in [2.05, 4.69) is 15.1 Å². The van der Waals surface area contributed by atoms with Crippen molar-refractivity contribution in [3.05, 3.63) is 88.1 Å². The van der Waals surface area contributed by atoms with E-state index in [-0.39, 0.29) is 12.1 Å². The number of pyridine rings is 2. The summed E-state index contributed by atoms with van der Waals surface area (Å²) >= 11 is 0. The SMILES string of the molecule is COC(=O)c1cc(-c2nn(Cc3ccncc3)c(=O)c3ncccc23)ccc1C. The molecule has 0 unspecified atom stereocenters. The lowest BCUT2D eigenvalue weighted by Crippen LogP contribution is -2.25. The van der Waals surface area contributed by atoms with E-state index in [0.29, 0.717) is 27.7 Å². The molecule has 4 aromatic rings. The number of methoxy groups -OCH3 is 1. The van der Waals surface area contributed by atoms with E-state index >= 15 is 0 Å². The lowest BCUT2D eigenvalue weighted by Gasteiger charge is -2.12. The number of aryl methyl sites for hydroxylation is 1. The smallest absolute Gasteiger partial charge is 0.338 e. The predicted molar refractivity (Wildman–Crippen MR) is 109 cm³/mol. The van der Waals surface area contributed by atoms with Gasteiger partial charge in [-0.05, 0) is 48.4 Å². The van der Waals surface area contributed by atoms with Crippen LogP contribution in [0.2, 0.25) is 0 Å². The molecule has 7 nitrogen and oxygen atoms in total. The standard InChI is InChI=1S/C22H18N4O3/c1-14-5-6-16(12-18(14)22(28)29-2)19-17-4-3-9-24-20(17)21(27)26(25-19)13-15-7-10-23-11-8-15/h3-12H,13H2,1-2H3. The van der Waals surface area contributed by atoms with Gasteiger partial charge in [-0.2, -0.15) is 5.10 Å². The molecule has 0 radical (unpaired) electrons. The normalized spacial score (nSPS) is 10.8. The molecule has 0 spiro atoms. The highest BCUT2D eigenvalue weighted by Gasteiger charge is 2.16. The van der Waals surface area contributed by atoms with Gasteiger partial charge < -0.3 is 4.74 Å². The Balaban J connectivity index is 1.94. The molecule has 29 heavy (non-hydrogen) atoms. The molecule has 1 aromatic carbocycles. The fraction of sp³-hybridized carbons (Fsp3) is 0.136. The second-order valence-corrected chi connectivity index (χ2v) is 6.59. The minimum absolute atomic E-state index is 0.276. The molecule has 0 fully saturated rings. The van der Waals surface area contributed by atoms with E-state index in [1.807, 2.05) is 31.2 Å². The molecular formula is C22H18N4O3. The molecule has 0 bridgehead atoms.